The first kappa shape index (κ1) is 20.8. The van der Waals surface area contributed by atoms with E-state index < -0.39 is 6.04 Å². The number of carbonyl (C=O) groups excluding carboxylic acids is 1. The Morgan fingerprint density at radius 2 is 1.85 bits per heavy atom. The lowest BCUT2D eigenvalue weighted by molar-refractivity contribution is 0.0615. The van der Waals surface area contributed by atoms with Crippen LogP contribution < -0.4 is 4.74 Å². The number of fused-ring (bicyclic) bond motifs is 1. The fraction of sp³-hybridized carbons (Fsp3) is 0.154. The maximum Gasteiger partial charge on any atom is 0.255 e. The van der Waals surface area contributed by atoms with Gasteiger partial charge in [0.25, 0.3) is 5.91 Å². The lowest BCUT2D eigenvalue weighted by atomic mass is 9.92. The number of aromatic hydroxyl groups is 1. The van der Waals surface area contributed by atoms with Crippen molar-refractivity contribution in [3.8, 4) is 33.8 Å². The van der Waals surface area contributed by atoms with Crippen LogP contribution >= 0.6 is 0 Å². The van der Waals surface area contributed by atoms with Gasteiger partial charge in [-0.1, -0.05) is 24.3 Å². The molecule has 0 fully saturated rings. The SMILES string of the molecule is COc1cccc(C(CO)N2Cc3c(cc(-c4cn[nH]c4)cc3-c3ccc(O)cc3)C2=O)c1. The first-order valence-electron chi connectivity index (χ1n) is 10.6. The lowest BCUT2D eigenvalue weighted by Gasteiger charge is -2.27. The van der Waals surface area contributed by atoms with E-state index in [2.05, 4.69) is 10.2 Å². The number of phenolic OH excluding ortho intramolecular Hbond substituents is 1. The number of H-pyrrole nitrogens is 1. The molecule has 1 unspecified atom stereocenters. The van der Waals surface area contributed by atoms with E-state index in [-0.39, 0.29) is 18.3 Å². The molecule has 1 aliphatic heterocycles. The highest BCUT2D eigenvalue weighted by atomic mass is 16.5. The molecule has 33 heavy (non-hydrogen) atoms. The Balaban J connectivity index is 1.62. The Kier molecular flexibility index (Phi) is 5.32. The van der Waals surface area contributed by atoms with Gasteiger partial charge in [0.15, 0.2) is 0 Å². The summed E-state index contributed by atoms with van der Waals surface area (Å²) in [6, 6.07) is 17.8. The number of nitrogens with one attached hydrogen (secondary N) is 1. The van der Waals surface area contributed by atoms with Crippen molar-refractivity contribution in [2.75, 3.05) is 13.7 Å². The van der Waals surface area contributed by atoms with Gasteiger partial charge in [-0.2, -0.15) is 5.10 Å². The summed E-state index contributed by atoms with van der Waals surface area (Å²) in [5.41, 5.74) is 5.82. The van der Waals surface area contributed by atoms with Gasteiger partial charge in [0.2, 0.25) is 0 Å². The van der Waals surface area contributed by atoms with Crippen LogP contribution in [0.1, 0.15) is 27.5 Å². The van der Waals surface area contributed by atoms with Crippen LogP contribution in [0.25, 0.3) is 22.3 Å². The number of aliphatic hydroxyl groups is 1. The van der Waals surface area contributed by atoms with Crippen LogP contribution in [0.15, 0.2) is 73.1 Å². The van der Waals surface area contributed by atoms with Crippen molar-refractivity contribution in [1.82, 2.24) is 15.1 Å². The number of amides is 1. The van der Waals surface area contributed by atoms with E-state index in [0.717, 1.165) is 33.4 Å². The number of aromatic amines is 1. The van der Waals surface area contributed by atoms with E-state index in [9.17, 15) is 15.0 Å². The number of benzene rings is 3. The maximum atomic E-state index is 13.6. The Hall–Kier alpha value is -4.10. The average Bonchev–Trinajstić information content (AvgIpc) is 3.49. The van der Waals surface area contributed by atoms with Crippen molar-refractivity contribution in [3.63, 3.8) is 0 Å². The molecule has 3 N–H and O–H groups in total. The van der Waals surface area contributed by atoms with Crippen LogP contribution in [-0.2, 0) is 6.54 Å². The van der Waals surface area contributed by atoms with Crippen LogP contribution in [0.5, 0.6) is 11.5 Å². The van der Waals surface area contributed by atoms with Gasteiger partial charge >= 0.3 is 0 Å². The van der Waals surface area contributed by atoms with Crippen molar-refractivity contribution in [1.29, 1.82) is 0 Å². The van der Waals surface area contributed by atoms with Gasteiger partial charge in [-0.15, -0.1) is 0 Å². The number of hydrogen-bond acceptors (Lipinski definition) is 5. The highest BCUT2D eigenvalue weighted by molar-refractivity contribution is 6.02. The molecular formula is C26H23N3O4. The smallest absolute Gasteiger partial charge is 0.255 e. The summed E-state index contributed by atoms with van der Waals surface area (Å²) >= 11 is 0. The van der Waals surface area contributed by atoms with Crippen molar-refractivity contribution < 1.29 is 19.7 Å². The summed E-state index contributed by atoms with van der Waals surface area (Å²) < 4.78 is 5.33. The monoisotopic (exact) mass is 441 g/mol. The molecule has 5 rings (SSSR count). The predicted octanol–water partition coefficient (Wildman–Crippen LogP) is 4.15. The molecule has 1 amide bonds. The predicted molar refractivity (Wildman–Crippen MR) is 124 cm³/mol. The van der Waals surface area contributed by atoms with Crippen LogP contribution in [0, 0.1) is 0 Å². The van der Waals surface area contributed by atoms with Gasteiger partial charge in [-0.05, 0) is 64.2 Å². The second-order valence-electron chi connectivity index (χ2n) is 7.99. The molecule has 1 aliphatic rings. The first-order valence-corrected chi connectivity index (χ1v) is 10.6. The summed E-state index contributed by atoms with van der Waals surface area (Å²) in [7, 11) is 1.59. The summed E-state index contributed by atoms with van der Waals surface area (Å²) in [5.74, 6) is 0.705. The summed E-state index contributed by atoms with van der Waals surface area (Å²) in [6.45, 7) is 0.147. The molecule has 7 heteroatoms. The quantitative estimate of drug-likeness (QED) is 0.418. The van der Waals surface area contributed by atoms with E-state index >= 15 is 0 Å². The van der Waals surface area contributed by atoms with Crippen molar-refractivity contribution in [2.24, 2.45) is 0 Å². The number of phenols is 1. The zero-order valence-electron chi connectivity index (χ0n) is 18.0. The minimum absolute atomic E-state index is 0.141. The second kappa shape index (κ2) is 8.44. The Morgan fingerprint density at radius 3 is 2.55 bits per heavy atom. The summed E-state index contributed by atoms with van der Waals surface area (Å²) in [5, 5.41) is 26.9. The van der Waals surface area contributed by atoms with Gasteiger partial charge in [-0.3, -0.25) is 9.89 Å². The van der Waals surface area contributed by atoms with Crippen molar-refractivity contribution in [2.45, 2.75) is 12.6 Å². The highest BCUT2D eigenvalue weighted by Gasteiger charge is 2.35. The molecule has 0 saturated carbocycles. The first-order chi connectivity index (χ1) is 16.1. The molecule has 4 aromatic rings. The number of carbonyl (C=O) groups is 1. The van der Waals surface area contributed by atoms with E-state index in [4.69, 9.17) is 4.74 Å². The second-order valence-corrected chi connectivity index (χ2v) is 7.99. The fourth-order valence-corrected chi connectivity index (χ4v) is 4.39. The highest BCUT2D eigenvalue weighted by Crippen LogP contribution is 2.40. The Morgan fingerprint density at radius 1 is 1.06 bits per heavy atom. The summed E-state index contributed by atoms with van der Waals surface area (Å²) in [6.07, 6.45) is 3.50. The Bertz CT molecular complexity index is 1300. The van der Waals surface area contributed by atoms with E-state index in [1.165, 1.54) is 0 Å². The molecule has 7 nitrogen and oxygen atoms in total. The van der Waals surface area contributed by atoms with Gasteiger partial charge in [0.05, 0.1) is 26.0 Å². The minimum Gasteiger partial charge on any atom is -0.508 e. The fourth-order valence-electron chi connectivity index (χ4n) is 4.39. The van der Waals surface area contributed by atoms with Crippen molar-refractivity contribution >= 4 is 5.91 Å². The Labute approximate surface area is 190 Å². The third-order valence-electron chi connectivity index (χ3n) is 6.11. The zero-order chi connectivity index (χ0) is 22.9. The zero-order valence-corrected chi connectivity index (χ0v) is 18.0. The van der Waals surface area contributed by atoms with Crippen LogP contribution in [-0.4, -0.2) is 44.9 Å². The molecule has 1 aromatic heterocycles. The molecule has 0 aliphatic carbocycles. The molecule has 0 saturated heterocycles. The summed E-state index contributed by atoms with van der Waals surface area (Å²) in [4.78, 5) is 15.3. The molecule has 166 valence electrons. The van der Waals surface area contributed by atoms with Crippen LogP contribution in [0.4, 0.5) is 0 Å². The van der Waals surface area contributed by atoms with Gasteiger partial charge in [0.1, 0.15) is 11.5 Å². The topological polar surface area (TPSA) is 98.7 Å². The lowest BCUT2D eigenvalue weighted by Crippen LogP contribution is -2.31. The molecule has 2 heterocycles. The molecule has 0 radical (unpaired) electrons. The number of aliphatic hydroxyl groups excluding tert-OH is 1. The third kappa shape index (κ3) is 3.72. The van der Waals surface area contributed by atoms with Crippen LogP contribution in [0.3, 0.4) is 0 Å². The molecular weight excluding hydrogens is 418 g/mol. The minimum atomic E-state index is -0.509. The number of aromatic nitrogens is 2. The third-order valence-corrected chi connectivity index (χ3v) is 6.11. The number of hydrogen-bond donors (Lipinski definition) is 3. The van der Waals surface area contributed by atoms with E-state index in [1.54, 1.807) is 36.5 Å². The number of methoxy groups -OCH3 is 1. The largest absolute Gasteiger partial charge is 0.508 e. The van der Waals surface area contributed by atoms with Gasteiger partial charge in [-0.25, -0.2) is 0 Å². The average molecular weight is 441 g/mol. The number of rotatable bonds is 6. The molecule has 0 spiro atoms. The van der Waals surface area contributed by atoms with Gasteiger partial charge < -0.3 is 19.8 Å². The normalized spacial score (nSPS) is 13.8. The van der Waals surface area contributed by atoms with Crippen molar-refractivity contribution in [3.05, 3.63) is 89.7 Å². The van der Waals surface area contributed by atoms with E-state index in [1.807, 2.05) is 48.5 Å². The number of ether oxygens (including phenoxy) is 1. The standard InChI is InChI=1S/C26H23N3O4/c1-33-21-4-2-3-17(9-21)25(15-30)29-14-24-22(16-5-7-20(31)8-6-16)10-18(11-23(24)26(29)32)19-12-27-28-13-19/h2-13,25,30-31H,14-15H2,1H3,(H,27,28). The maximum absolute atomic E-state index is 13.6. The molecule has 1 atom stereocenters. The van der Waals surface area contributed by atoms with E-state index in [0.29, 0.717) is 17.9 Å². The van der Waals surface area contributed by atoms with Crippen LogP contribution in [0.2, 0.25) is 0 Å². The van der Waals surface area contributed by atoms with Gasteiger partial charge in [0, 0.05) is 23.9 Å². The number of nitrogens with zero attached hydrogens (tertiary/aromatic N) is 2. The molecule has 0 bridgehead atoms. The molecule has 3 aromatic carbocycles.